The average molecular weight is 386 g/mol. The van der Waals surface area contributed by atoms with Gasteiger partial charge >= 0.3 is 0 Å². The Hall–Kier alpha value is -2.98. The SMILES string of the molecule is Cc1ccc2c(c1)nc(N)c1nccc(CCc3ccc(C(C)(C)O)cc3C)c12. The normalized spacial score (nSPS) is 12.0. The summed E-state index contributed by atoms with van der Waals surface area (Å²) in [6, 6.07) is 14.6. The Morgan fingerprint density at radius 1 is 0.966 bits per heavy atom. The van der Waals surface area contributed by atoms with Crippen molar-refractivity contribution in [2.45, 2.75) is 46.1 Å². The van der Waals surface area contributed by atoms with Crippen LogP contribution in [0.4, 0.5) is 5.82 Å². The first-order valence-electron chi connectivity index (χ1n) is 10.00. The second-order valence-electron chi connectivity index (χ2n) is 8.41. The predicted octanol–water partition coefficient (Wildman–Crippen LogP) is 4.99. The second kappa shape index (κ2) is 7.12. The predicted molar refractivity (Wildman–Crippen MR) is 120 cm³/mol. The lowest BCUT2D eigenvalue weighted by molar-refractivity contribution is 0.0785. The van der Waals surface area contributed by atoms with Gasteiger partial charge in [-0.3, -0.25) is 4.98 Å². The van der Waals surface area contributed by atoms with Crippen LogP contribution in [0, 0.1) is 13.8 Å². The summed E-state index contributed by atoms with van der Waals surface area (Å²) >= 11 is 0. The van der Waals surface area contributed by atoms with Gasteiger partial charge in [-0.1, -0.05) is 30.3 Å². The van der Waals surface area contributed by atoms with Gasteiger partial charge in [0.2, 0.25) is 0 Å². The minimum absolute atomic E-state index is 0.477. The van der Waals surface area contributed by atoms with E-state index < -0.39 is 5.60 Å². The number of hydrogen-bond acceptors (Lipinski definition) is 4. The summed E-state index contributed by atoms with van der Waals surface area (Å²) in [6.45, 7) is 7.80. The smallest absolute Gasteiger partial charge is 0.150 e. The summed E-state index contributed by atoms with van der Waals surface area (Å²) in [6.07, 6.45) is 3.61. The van der Waals surface area contributed by atoms with Crippen molar-refractivity contribution in [1.82, 2.24) is 9.97 Å². The van der Waals surface area contributed by atoms with Gasteiger partial charge in [-0.2, -0.15) is 0 Å². The number of pyridine rings is 2. The highest BCUT2D eigenvalue weighted by molar-refractivity contribution is 6.09. The highest BCUT2D eigenvalue weighted by Crippen LogP contribution is 2.31. The molecule has 0 saturated heterocycles. The molecule has 0 bridgehead atoms. The molecule has 4 rings (SSSR count). The van der Waals surface area contributed by atoms with E-state index in [-0.39, 0.29) is 0 Å². The topological polar surface area (TPSA) is 72.0 Å². The maximum atomic E-state index is 10.3. The van der Waals surface area contributed by atoms with Gasteiger partial charge in [-0.15, -0.1) is 0 Å². The van der Waals surface area contributed by atoms with Crippen molar-refractivity contribution in [3.63, 3.8) is 0 Å². The van der Waals surface area contributed by atoms with E-state index in [0.717, 1.165) is 45.8 Å². The molecule has 0 saturated carbocycles. The third kappa shape index (κ3) is 3.68. The summed E-state index contributed by atoms with van der Waals surface area (Å²) in [5.74, 6) is 0.477. The van der Waals surface area contributed by atoms with Gasteiger partial charge in [0.1, 0.15) is 5.52 Å². The van der Waals surface area contributed by atoms with Crippen molar-refractivity contribution in [3.8, 4) is 0 Å². The molecule has 0 atom stereocenters. The van der Waals surface area contributed by atoms with E-state index >= 15 is 0 Å². The monoisotopic (exact) mass is 385 g/mol. The van der Waals surface area contributed by atoms with E-state index in [1.807, 2.05) is 26.1 Å². The molecule has 0 fully saturated rings. The molecule has 4 aromatic rings. The lowest BCUT2D eigenvalue weighted by Crippen LogP contribution is -2.15. The Morgan fingerprint density at radius 3 is 2.45 bits per heavy atom. The number of nitrogens with two attached hydrogens (primary N) is 1. The summed E-state index contributed by atoms with van der Waals surface area (Å²) in [7, 11) is 0. The van der Waals surface area contributed by atoms with E-state index in [1.165, 1.54) is 16.7 Å². The number of aryl methyl sites for hydroxylation is 4. The largest absolute Gasteiger partial charge is 0.386 e. The van der Waals surface area contributed by atoms with Crippen molar-refractivity contribution in [1.29, 1.82) is 0 Å². The molecule has 0 spiro atoms. The fourth-order valence-electron chi connectivity index (χ4n) is 3.96. The summed E-state index contributed by atoms with van der Waals surface area (Å²) in [5, 5.41) is 12.4. The van der Waals surface area contributed by atoms with Crippen LogP contribution in [0.1, 0.15) is 41.7 Å². The minimum atomic E-state index is -0.827. The maximum absolute atomic E-state index is 10.3. The first kappa shape index (κ1) is 19.3. The van der Waals surface area contributed by atoms with E-state index in [2.05, 4.69) is 60.2 Å². The number of fused-ring (bicyclic) bond motifs is 3. The van der Waals surface area contributed by atoms with Crippen LogP contribution in [0.25, 0.3) is 21.8 Å². The molecule has 0 unspecified atom stereocenters. The van der Waals surface area contributed by atoms with Gasteiger partial charge in [0.15, 0.2) is 5.82 Å². The molecule has 0 aliphatic rings. The molecule has 3 N–H and O–H groups in total. The van der Waals surface area contributed by atoms with Crippen molar-refractivity contribution in [2.24, 2.45) is 0 Å². The van der Waals surface area contributed by atoms with Gasteiger partial charge in [-0.25, -0.2) is 4.98 Å². The molecule has 0 aliphatic heterocycles. The highest BCUT2D eigenvalue weighted by atomic mass is 16.3. The van der Waals surface area contributed by atoms with E-state index in [0.29, 0.717) is 5.82 Å². The lowest BCUT2D eigenvalue weighted by Gasteiger charge is -2.19. The van der Waals surface area contributed by atoms with E-state index in [4.69, 9.17) is 5.73 Å². The van der Waals surface area contributed by atoms with Crippen LogP contribution in [0.2, 0.25) is 0 Å². The Bertz CT molecular complexity index is 1220. The third-order valence-electron chi connectivity index (χ3n) is 5.66. The first-order chi connectivity index (χ1) is 13.7. The van der Waals surface area contributed by atoms with Gasteiger partial charge in [0.05, 0.1) is 11.1 Å². The van der Waals surface area contributed by atoms with Crippen LogP contribution in [0.15, 0.2) is 48.7 Å². The first-order valence-corrected chi connectivity index (χ1v) is 10.00. The summed E-state index contributed by atoms with van der Waals surface area (Å²) < 4.78 is 0. The number of aromatic nitrogens is 2. The van der Waals surface area contributed by atoms with Crippen LogP contribution < -0.4 is 5.73 Å². The minimum Gasteiger partial charge on any atom is -0.386 e. The van der Waals surface area contributed by atoms with Gasteiger partial charge < -0.3 is 10.8 Å². The molecule has 4 nitrogen and oxygen atoms in total. The molecular formula is C25H27N3O. The number of nitrogens with zero attached hydrogens (tertiary/aromatic N) is 2. The number of hydrogen-bond donors (Lipinski definition) is 2. The molecule has 2 aromatic carbocycles. The number of aliphatic hydroxyl groups is 1. The Labute approximate surface area is 171 Å². The average Bonchev–Trinajstić information content (AvgIpc) is 2.66. The zero-order chi connectivity index (χ0) is 20.8. The van der Waals surface area contributed by atoms with Crippen LogP contribution in [0.3, 0.4) is 0 Å². The van der Waals surface area contributed by atoms with Crippen LogP contribution >= 0.6 is 0 Å². The second-order valence-corrected chi connectivity index (χ2v) is 8.41. The molecule has 0 amide bonds. The van der Waals surface area contributed by atoms with Crippen LogP contribution in [-0.4, -0.2) is 15.1 Å². The van der Waals surface area contributed by atoms with Crippen LogP contribution in [-0.2, 0) is 18.4 Å². The Morgan fingerprint density at radius 2 is 1.72 bits per heavy atom. The Kier molecular flexibility index (Phi) is 4.75. The Balaban J connectivity index is 1.75. The number of rotatable bonds is 4. The van der Waals surface area contributed by atoms with Gasteiger partial charge in [-0.05, 0) is 80.5 Å². The number of nitrogen functional groups attached to an aromatic ring is 1. The number of anilines is 1. The van der Waals surface area contributed by atoms with Crippen molar-refractivity contribution >= 4 is 27.6 Å². The van der Waals surface area contributed by atoms with E-state index in [9.17, 15) is 5.11 Å². The molecule has 2 heterocycles. The summed E-state index contributed by atoms with van der Waals surface area (Å²) in [4.78, 5) is 9.07. The van der Waals surface area contributed by atoms with Gasteiger partial charge in [0.25, 0.3) is 0 Å². The number of benzene rings is 2. The third-order valence-corrected chi connectivity index (χ3v) is 5.66. The quantitative estimate of drug-likeness (QED) is 0.485. The lowest BCUT2D eigenvalue weighted by atomic mass is 9.92. The van der Waals surface area contributed by atoms with Crippen LogP contribution in [0.5, 0.6) is 0 Å². The van der Waals surface area contributed by atoms with Crippen molar-refractivity contribution in [3.05, 3.63) is 76.5 Å². The van der Waals surface area contributed by atoms with Crippen molar-refractivity contribution in [2.75, 3.05) is 5.73 Å². The zero-order valence-corrected chi connectivity index (χ0v) is 17.5. The fourth-order valence-corrected chi connectivity index (χ4v) is 3.96. The molecule has 0 aliphatic carbocycles. The molecule has 4 heteroatoms. The highest BCUT2D eigenvalue weighted by Gasteiger charge is 2.17. The molecule has 148 valence electrons. The van der Waals surface area contributed by atoms with E-state index in [1.54, 1.807) is 0 Å². The molecule has 2 aromatic heterocycles. The molecule has 29 heavy (non-hydrogen) atoms. The standard InChI is InChI=1S/C25H27N3O/c1-15-5-10-20-21(13-15)28-24(26)23-22(20)18(11-12-27-23)7-6-17-8-9-19(14-16(17)2)25(3,4)29/h5,8-14,29H,6-7H2,1-4H3,(H2,26,28). The zero-order valence-electron chi connectivity index (χ0n) is 17.5. The van der Waals surface area contributed by atoms with Crippen molar-refractivity contribution < 1.29 is 5.11 Å². The molecular weight excluding hydrogens is 358 g/mol. The molecule has 0 radical (unpaired) electrons. The maximum Gasteiger partial charge on any atom is 0.150 e. The summed E-state index contributed by atoms with van der Waals surface area (Å²) in [5.41, 5.74) is 12.9. The fraction of sp³-hybridized carbons (Fsp3) is 0.280. The van der Waals surface area contributed by atoms with Gasteiger partial charge in [0, 0.05) is 17.0 Å².